The van der Waals surface area contributed by atoms with Gasteiger partial charge in [-0.25, -0.2) is 4.98 Å². The van der Waals surface area contributed by atoms with Crippen LogP contribution in [0.5, 0.6) is 0 Å². The zero-order chi connectivity index (χ0) is 10.1. The van der Waals surface area contributed by atoms with Gasteiger partial charge in [-0.15, -0.1) is 11.3 Å². The molecule has 2 rings (SSSR count). The minimum atomic E-state index is 1.02. The number of hydrogen-bond acceptors (Lipinski definition) is 3. The molecule has 0 saturated heterocycles. The van der Waals surface area contributed by atoms with E-state index in [0.717, 1.165) is 30.1 Å². The molecular weight excluding hydrogens is 192 g/mol. The van der Waals surface area contributed by atoms with Gasteiger partial charge in [-0.05, 0) is 25.5 Å². The summed E-state index contributed by atoms with van der Waals surface area (Å²) in [6, 6.07) is 0. The molecule has 2 heterocycles. The van der Waals surface area contributed by atoms with Gasteiger partial charge >= 0.3 is 0 Å². The maximum absolute atomic E-state index is 4.63. The molecule has 0 aromatic carbocycles. The Hall–Kier alpha value is -0.670. The van der Waals surface area contributed by atoms with Crippen LogP contribution in [0.2, 0.25) is 0 Å². The minimum absolute atomic E-state index is 1.02. The Morgan fingerprint density at radius 3 is 3.07 bits per heavy atom. The van der Waals surface area contributed by atoms with E-state index in [1.807, 2.05) is 18.3 Å². The van der Waals surface area contributed by atoms with Gasteiger partial charge in [0.1, 0.15) is 5.01 Å². The maximum atomic E-state index is 4.63. The SMILES string of the molecule is C=C(C)c1nc2c(s1)CCN(CC)C2. The number of likely N-dealkylation sites (N-methyl/N-ethyl adjacent to an activating group) is 1. The van der Waals surface area contributed by atoms with Crippen molar-refractivity contribution in [2.24, 2.45) is 0 Å². The fraction of sp³-hybridized carbons (Fsp3) is 0.545. The summed E-state index contributed by atoms with van der Waals surface area (Å²) < 4.78 is 0. The van der Waals surface area contributed by atoms with Gasteiger partial charge in [-0.3, -0.25) is 4.90 Å². The summed E-state index contributed by atoms with van der Waals surface area (Å²) in [6.07, 6.45) is 1.16. The molecule has 0 bridgehead atoms. The van der Waals surface area contributed by atoms with Gasteiger partial charge in [-0.2, -0.15) is 0 Å². The summed E-state index contributed by atoms with van der Waals surface area (Å²) >= 11 is 1.82. The molecule has 0 atom stereocenters. The highest BCUT2D eigenvalue weighted by Gasteiger charge is 2.19. The average molecular weight is 208 g/mol. The molecule has 1 aromatic heterocycles. The van der Waals surface area contributed by atoms with Crippen LogP contribution in [-0.4, -0.2) is 23.0 Å². The number of hydrogen-bond donors (Lipinski definition) is 0. The van der Waals surface area contributed by atoms with Crippen molar-refractivity contribution in [3.05, 3.63) is 22.2 Å². The van der Waals surface area contributed by atoms with Crippen molar-refractivity contribution >= 4 is 16.9 Å². The zero-order valence-corrected chi connectivity index (χ0v) is 9.65. The van der Waals surface area contributed by atoms with E-state index in [0.29, 0.717) is 0 Å². The van der Waals surface area contributed by atoms with Gasteiger partial charge in [0, 0.05) is 18.0 Å². The molecule has 14 heavy (non-hydrogen) atoms. The smallest absolute Gasteiger partial charge is 0.119 e. The van der Waals surface area contributed by atoms with Gasteiger partial charge in [0.25, 0.3) is 0 Å². The standard InChI is InChI=1S/C11H16N2S/c1-4-13-6-5-10-9(7-13)12-11(14-10)8(2)3/h2,4-7H2,1,3H3. The predicted molar refractivity (Wildman–Crippen MR) is 61.5 cm³/mol. The number of nitrogens with zero attached hydrogens (tertiary/aromatic N) is 2. The predicted octanol–water partition coefficient (Wildman–Crippen LogP) is 2.55. The molecule has 76 valence electrons. The number of fused-ring (bicyclic) bond motifs is 1. The third kappa shape index (κ3) is 1.74. The molecule has 1 aromatic rings. The van der Waals surface area contributed by atoms with Gasteiger partial charge in [-0.1, -0.05) is 13.5 Å². The Morgan fingerprint density at radius 1 is 1.64 bits per heavy atom. The summed E-state index contributed by atoms with van der Waals surface area (Å²) in [4.78, 5) is 8.53. The highest BCUT2D eigenvalue weighted by molar-refractivity contribution is 7.12. The van der Waals surface area contributed by atoms with Crippen LogP contribution < -0.4 is 0 Å². The lowest BCUT2D eigenvalue weighted by atomic mass is 10.2. The van der Waals surface area contributed by atoms with Gasteiger partial charge in [0.15, 0.2) is 0 Å². The molecule has 1 aliphatic heterocycles. The first kappa shape index (κ1) is 9.87. The summed E-state index contributed by atoms with van der Waals surface area (Å²) in [6.45, 7) is 11.5. The molecule has 0 unspecified atom stereocenters. The molecule has 3 heteroatoms. The number of allylic oxidation sites excluding steroid dienone is 1. The van der Waals surface area contributed by atoms with Crippen molar-refractivity contribution in [1.29, 1.82) is 0 Å². The van der Waals surface area contributed by atoms with E-state index in [2.05, 4.69) is 23.4 Å². The van der Waals surface area contributed by atoms with Crippen molar-refractivity contribution in [2.45, 2.75) is 26.8 Å². The Kier molecular flexibility index (Phi) is 2.70. The topological polar surface area (TPSA) is 16.1 Å². The van der Waals surface area contributed by atoms with Crippen LogP contribution in [0.15, 0.2) is 6.58 Å². The van der Waals surface area contributed by atoms with Crippen molar-refractivity contribution in [3.63, 3.8) is 0 Å². The summed E-state index contributed by atoms with van der Waals surface area (Å²) in [7, 11) is 0. The second-order valence-electron chi connectivity index (χ2n) is 3.79. The van der Waals surface area contributed by atoms with Crippen molar-refractivity contribution in [1.82, 2.24) is 9.88 Å². The zero-order valence-electron chi connectivity index (χ0n) is 8.84. The summed E-state index contributed by atoms with van der Waals surface area (Å²) in [5.41, 5.74) is 2.37. The van der Waals surface area contributed by atoms with E-state index in [9.17, 15) is 0 Å². The number of aromatic nitrogens is 1. The first-order chi connectivity index (χ1) is 6.70. The minimum Gasteiger partial charge on any atom is -0.297 e. The monoisotopic (exact) mass is 208 g/mol. The van der Waals surface area contributed by atoms with E-state index < -0.39 is 0 Å². The van der Waals surface area contributed by atoms with E-state index in [4.69, 9.17) is 0 Å². The Bertz CT molecular complexity index is 354. The molecule has 2 nitrogen and oxygen atoms in total. The van der Waals surface area contributed by atoms with E-state index in [1.165, 1.54) is 17.1 Å². The molecule has 0 N–H and O–H groups in total. The van der Waals surface area contributed by atoms with E-state index in [-0.39, 0.29) is 0 Å². The number of thiazole rings is 1. The second kappa shape index (κ2) is 3.83. The quantitative estimate of drug-likeness (QED) is 0.742. The lowest BCUT2D eigenvalue weighted by Gasteiger charge is -2.23. The van der Waals surface area contributed by atoms with E-state index >= 15 is 0 Å². The van der Waals surface area contributed by atoms with Crippen LogP contribution in [0.1, 0.15) is 29.4 Å². The maximum Gasteiger partial charge on any atom is 0.119 e. The third-order valence-electron chi connectivity index (χ3n) is 2.62. The third-order valence-corrected chi connectivity index (χ3v) is 3.94. The first-order valence-electron chi connectivity index (χ1n) is 5.07. The normalized spacial score (nSPS) is 16.7. The fourth-order valence-corrected chi connectivity index (χ4v) is 2.69. The van der Waals surface area contributed by atoms with Crippen molar-refractivity contribution in [2.75, 3.05) is 13.1 Å². The molecule has 0 fully saturated rings. The fourth-order valence-electron chi connectivity index (χ4n) is 1.71. The lowest BCUT2D eigenvalue weighted by Crippen LogP contribution is -2.29. The molecule has 0 amide bonds. The molecule has 0 aliphatic carbocycles. The Labute approximate surface area is 89.3 Å². The van der Waals surface area contributed by atoms with Crippen LogP contribution in [0.25, 0.3) is 5.57 Å². The van der Waals surface area contributed by atoms with Crippen LogP contribution in [0.4, 0.5) is 0 Å². The lowest BCUT2D eigenvalue weighted by molar-refractivity contribution is 0.266. The van der Waals surface area contributed by atoms with Crippen LogP contribution in [-0.2, 0) is 13.0 Å². The van der Waals surface area contributed by atoms with Crippen LogP contribution in [0, 0.1) is 0 Å². The molecule has 0 spiro atoms. The van der Waals surface area contributed by atoms with E-state index in [1.54, 1.807) is 0 Å². The van der Waals surface area contributed by atoms with Gasteiger partial charge < -0.3 is 0 Å². The molecule has 1 aliphatic rings. The average Bonchev–Trinajstić information content (AvgIpc) is 2.59. The van der Waals surface area contributed by atoms with Crippen molar-refractivity contribution < 1.29 is 0 Å². The number of rotatable bonds is 2. The van der Waals surface area contributed by atoms with Crippen LogP contribution in [0.3, 0.4) is 0 Å². The molecule has 0 radical (unpaired) electrons. The highest BCUT2D eigenvalue weighted by atomic mass is 32.1. The largest absolute Gasteiger partial charge is 0.297 e. The van der Waals surface area contributed by atoms with Gasteiger partial charge in [0.05, 0.1) is 5.69 Å². The van der Waals surface area contributed by atoms with Crippen LogP contribution >= 0.6 is 11.3 Å². The Balaban J connectivity index is 2.25. The summed E-state index contributed by atoms with van der Waals surface area (Å²) in [5, 5.41) is 1.12. The van der Waals surface area contributed by atoms with Gasteiger partial charge in [0.2, 0.25) is 0 Å². The Morgan fingerprint density at radius 2 is 2.43 bits per heavy atom. The highest BCUT2D eigenvalue weighted by Crippen LogP contribution is 2.27. The first-order valence-corrected chi connectivity index (χ1v) is 5.89. The summed E-state index contributed by atoms with van der Waals surface area (Å²) in [5.74, 6) is 0. The van der Waals surface area contributed by atoms with Crippen molar-refractivity contribution in [3.8, 4) is 0 Å². The molecule has 0 saturated carbocycles. The second-order valence-corrected chi connectivity index (χ2v) is 4.87. The molecular formula is C11H16N2S.